The number of aliphatic hydroxyl groups excluding tert-OH is 1. The topological polar surface area (TPSA) is 66.4 Å². The lowest BCUT2D eigenvalue weighted by molar-refractivity contribution is -0.164. The lowest BCUT2D eigenvalue weighted by Gasteiger charge is -2.34. The maximum atomic E-state index is 9.37. The molecule has 17 heavy (non-hydrogen) atoms. The summed E-state index contributed by atoms with van der Waals surface area (Å²) in [5, 5.41) is 9.37. The highest BCUT2D eigenvalue weighted by atomic mass is 16.6. The number of aliphatic hydroxyl groups is 1. The zero-order valence-electron chi connectivity index (χ0n) is 14.7. The van der Waals surface area contributed by atoms with Crippen LogP contribution in [0.5, 0.6) is 0 Å². The molecule has 104 valence electrons. The molecule has 0 amide bonds. The molecule has 0 rings (SSSR count). The van der Waals surface area contributed by atoms with Crippen LogP contribution in [0.1, 0.15) is 6.85 Å². The first-order valence-electron chi connectivity index (χ1n) is 8.34. The first kappa shape index (κ1) is 9.66. The Morgan fingerprint density at radius 3 is 2.00 bits per heavy atom. The quantitative estimate of drug-likeness (QED) is 0.579. The van der Waals surface area contributed by atoms with Crippen LogP contribution >= 0.6 is 0 Å². The first-order valence-corrected chi connectivity index (χ1v) is 4.81. The van der Waals surface area contributed by atoms with E-state index in [1.165, 1.54) is 0 Å². The Hall–Kier alpha value is -0.240. The maximum absolute atomic E-state index is 9.37. The van der Waals surface area contributed by atoms with Crippen molar-refractivity contribution < 1.29 is 35.6 Å². The second-order valence-corrected chi connectivity index (χ2v) is 3.23. The van der Waals surface area contributed by atoms with Gasteiger partial charge in [0.25, 0.3) is 0 Å². The summed E-state index contributed by atoms with van der Waals surface area (Å²) in [6, 6.07) is 0. The van der Waals surface area contributed by atoms with Gasteiger partial charge in [-0.1, -0.05) is 0 Å². The van der Waals surface area contributed by atoms with E-state index in [0.29, 0.717) is 0 Å². The van der Waals surface area contributed by atoms with Gasteiger partial charge in [-0.05, 0) is 0 Å². The highest BCUT2D eigenvalue weighted by Crippen LogP contribution is 2.16. The number of hydrogen-bond acceptors (Lipinski definition) is 6. The minimum Gasteiger partial charge on any atom is -0.394 e. The molecule has 1 N–H and O–H groups in total. The van der Waals surface area contributed by atoms with E-state index >= 15 is 0 Å². The molecule has 0 spiro atoms. The van der Waals surface area contributed by atoms with Crippen LogP contribution in [0.2, 0.25) is 0 Å². The molecular weight excluding hydrogens is 228 g/mol. The third kappa shape index (κ3) is 4.87. The fourth-order valence-corrected chi connectivity index (χ4v) is 1.43. The van der Waals surface area contributed by atoms with Crippen LogP contribution < -0.4 is 0 Å². The predicted octanol–water partition coefficient (Wildman–Crippen LogP) is -0.315. The summed E-state index contributed by atoms with van der Waals surface area (Å²) in [7, 11) is -2.04. The van der Waals surface area contributed by atoms with Crippen LogP contribution in [0.15, 0.2) is 0 Å². The zero-order valence-corrected chi connectivity index (χ0v) is 9.75. The SMILES string of the molecule is [2H]COC[C@H](OC[2H])[C@@H](OC[2H])[C@H](OC[2H])[C@@H](CO)OC[2H]. The van der Waals surface area contributed by atoms with E-state index in [1.54, 1.807) is 0 Å². The third-order valence-electron chi connectivity index (χ3n) is 2.33. The molecule has 0 aliphatic carbocycles. The molecule has 6 heteroatoms. The second-order valence-electron chi connectivity index (χ2n) is 3.23. The number of ether oxygens (including phenoxy) is 5. The van der Waals surface area contributed by atoms with Crippen molar-refractivity contribution in [1.29, 1.82) is 0 Å². The molecule has 0 fully saturated rings. The van der Waals surface area contributed by atoms with Crippen molar-refractivity contribution in [3.63, 3.8) is 0 Å². The molecule has 4 atom stereocenters. The molecule has 0 saturated carbocycles. The first-order chi connectivity index (χ1) is 10.7. The van der Waals surface area contributed by atoms with Gasteiger partial charge >= 0.3 is 0 Å². The van der Waals surface area contributed by atoms with Crippen LogP contribution in [-0.2, 0) is 23.7 Å². The van der Waals surface area contributed by atoms with Crippen molar-refractivity contribution >= 4 is 0 Å². The van der Waals surface area contributed by atoms with E-state index in [0.717, 1.165) is 0 Å². The Bertz CT molecular complexity index is 253. The van der Waals surface area contributed by atoms with E-state index in [1.807, 2.05) is 0 Å². The molecule has 0 aliphatic rings. The van der Waals surface area contributed by atoms with Crippen LogP contribution in [-0.4, -0.2) is 78.2 Å². The molecule has 0 saturated heterocycles. The highest BCUT2D eigenvalue weighted by molar-refractivity contribution is 4.84. The van der Waals surface area contributed by atoms with Gasteiger partial charge in [-0.15, -0.1) is 0 Å². The molecule has 6 nitrogen and oxygen atoms in total. The summed E-state index contributed by atoms with van der Waals surface area (Å²) in [5.74, 6) is 0. The maximum Gasteiger partial charge on any atom is 0.114 e. The molecule has 0 unspecified atom stereocenters. The van der Waals surface area contributed by atoms with Gasteiger partial charge < -0.3 is 28.8 Å². The lowest BCUT2D eigenvalue weighted by Crippen LogP contribution is -2.50. The molecule has 0 radical (unpaired) electrons. The normalized spacial score (nSPS) is 22.5. The Balaban J connectivity index is 5.18. The van der Waals surface area contributed by atoms with Crippen LogP contribution in [0.4, 0.5) is 0 Å². The van der Waals surface area contributed by atoms with E-state index in [2.05, 4.69) is 0 Å². The average Bonchev–Trinajstić information content (AvgIpc) is 2.53. The van der Waals surface area contributed by atoms with E-state index in [4.69, 9.17) is 30.5 Å². The molecule has 0 bridgehead atoms. The standard InChI is InChI=1S/C11H24O6/c1-13-7-9(15-3)11(17-5)10(16-4)8(6-12)14-2/h8-12H,6-7H2,1-5H3/t8-,9+,10-,11-/m1/s1/i1D,2D,3D,4D,5D. The summed E-state index contributed by atoms with van der Waals surface area (Å²) < 4.78 is 61.3. The fourth-order valence-electron chi connectivity index (χ4n) is 1.43. The summed E-state index contributed by atoms with van der Waals surface area (Å²) in [5.41, 5.74) is 0. The minimum atomic E-state index is -0.982. The summed E-state index contributed by atoms with van der Waals surface area (Å²) >= 11 is 0. The Morgan fingerprint density at radius 1 is 0.882 bits per heavy atom. The summed E-state index contributed by atoms with van der Waals surface area (Å²) in [4.78, 5) is 0. The van der Waals surface area contributed by atoms with Crippen LogP contribution in [0.25, 0.3) is 0 Å². The second kappa shape index (κ2) is 9.76. The van der Waals surface area contributed by atoms with Crippen molar-refractivity contribution in [3.8, 4) is 0 Å². The van der Waals surface area contributed by atoms with E-state index in [9.17, 15) is 5.11 Å². The van der Waals surface area contributed by atoms with E-state index < -0.39 is 59.4 Å². The largest absolute Gasteiger partial charge is 0.394 e. The van der Waals surface area contributed by atoms with Gasteiger partial charge in [0, 0.05) is 35.4 Å². The van der Waals surface area contributed by atoms with Crippen molar-refractivity contribution in [3.05, 3.63) is 0 Å². The molecular formula is C11H24O6. The van der Waals surface area contributed by atoms with Gasteiger partial charge in [-0.25, -0.2) is 0 Å². The lowest BCUT2D eigenvalue weighted by atomic mass is 10.0. The number of rotatable bonds is 10. The Morgan fingerprint density at radius 2 is 1.47 bits per heavy atom. The van der Waals surface area contributed by atoms with Gasteiger partial charge in [0.2, 0.25) is 0 Å². The average molecular weight is 257 g/mol. The van der Waals surface area contributed by atoms with Crippen LogP contribution in [0, 0.1) is 0 Å². The van der Waals surface area contributed by atoms with Crippen molar-refractivity contribution in [2.45, 2.75) is 24.4 Å². The molecule has 0 heterocycles. The molecule has 0 aromatic carbocycles. The van der Waals surface area contributed by atoms with Gasteiger partial charge in [0.05, 0.1) is 20.1 Å². The van der Waals surface area contributed by atoms with Gasteiger partial charge in [0.15, 0.2) is 0 Å². The van der Waals surface area contributed by atoms with E-state index in [-0.39, 0.29) is 13.7 Å². The Labute approximate surface area is 110 Å². The van der Waals surface area contributed by atoms with Gasteiger partial charge in [0.1, 0.15) is 24.4 Å². The minimum absolute atomic E-state index is 0.0794. The van der Waals surface area contributed by atoms with Crippen LogP contribution in [0.3, 0.4) is 0 Å². The summed E-state index contributed by atoms with van der Waals surface area (Å²) in [6.07, 6.45) is -3.73. The smallest absolute Gasteiger partial charge is 0.114 e. The predicted molar refractivity (Wildman–Crippen MR) is 62.1 cm³/mol. The van der Waals surface area contributed by atoms with Crippen molar-refractivity contribution in [2.24, 2.45) is 0 Å². The monoisotopic (exact) mass is 257 g/mol. The zero-order chi connectivity index (χ0) is 16.8. The molecule has 0 aliphatic heterocycles. The van der Waals surface area contributed by atoms with Gasteiger partial charge in [-0.2, -0.15) is 0 Å². The molecule has 0 aromatic heterocycles. The number of methoxy groups -OCH3 is 5. The van der Waals surface area contributed by atoms with Crippen molar-refractivity contribution in [1.82, 2.24) is 0 Å². The van der Waals surface area contributed by atoms with Gasteiger partial charge in [-0.3, -0.25) is 0 Å². The third-order valence-corrected chi connectivity index (χ3v) is 2.33. The van der Waals surface area contributed by atoms with Crippen molar-refractivity contribution in [2.75, 3.05) is 48.6 Å². The highest BCUT2D eigenvalue weighted by Gasteiger charge is 2.35. The summed E-state index contributed by atoms with van der Waals surface area (Å²) in [6.45, 7) is -0.557. The Kier molecular flexibility index (Phi) is 5.54. The molecule has 0 aromatic rings. The number of hydrogen-bond donors (Lipinski definition) is 1. The fraction of sp³-hybridized carbons (Fsp3) is 1.00.